The summed E-state index contributed by atoms with van der Waals surface area (Å²) in [5.74, 6) is 1.72. The van der Waals surface area contributed by atoms with Crippen LogP contribution in [-0.2, 0) is 0 Å². The Morgan fingerprint density at radius 3 is 2.75 bits per heavy atom. The van der Waals surface area contributed by atoms with Gasteiger partial charge in [0.05, 0.1) is 0 Å². The minimum absolute atomic E-state index is 0.808. The predicted molar refractivity (Wildman–Crippen MR) is 55.1 cm³/mol. The molecule has 1 saturated carbocycles. The maximum absolute atomic E-state index is 2.33. The molecule has 1 fully saturated rings. The van der Waals surface area contributed by atoms with Gasteiger partial charge in [-0.15, -0.1) is 0 Å². The SMILES string of the molecule is CC.CC1C=CC=C2CCCC21. The molecule has 0 aliphatic heterocycles. The normalized spacial score (nSPS) is 31.8. The van der Waals surface area contributed by atoms with E-state index in [1.165, 1.54) is 19.3 Å². The fraction of sp³-hybridized carbons (Fsp3) is 0.667. The summed E-state index contributed by atoms with van der Waals surface area (Å²) in [5.41, 5.74) is 1.70. The first-order valence-corrected chi connectivity index (χ1v) is 5.25. The molecule has 0 radical (unpaired) electrons. The molecular formula is C12H20. The van der Waals surface area contributed by atoms with Gasteiger partial charge in [-0.3, -0.25) is 0 Å². The summed E-state index contributed by atoms with van der Waals surface area (Å²) in [6.07, 6.45) is 11.1. The van der Waals surface area contributed by atoms with E-state index in [0.29, 0.717) is 0 Å². The van der Waals surface area contributed by atoms with Gasteiger partial charge in [0.15, 0.2) is 0 Å². The third-order valence-electron chi connectivity index (χ3n) is 2.82. The summed E-state index contributed by atoms with van der Waals surface area (Å²) in [7, 11) is 0. The maximum atomic E-state index is 2.33. The van der Waals surface area contributed by atoms with Gasteiger partial charge in [-0.05, 0) is 31.1 Å². The Hall–Kier alpha value is -0.520. The van der Waals surface area contributed by atoms with E-state index >= 15 is 0 Å². The Morgan fingerprint density at radius 1 is 1.33 bits per heavy atom. The summed E-state index contributed by atoms with van der Waals surface area (Å²) >= 11 is 0. The van der Waals surface area contributed by atoms with E-state index < -0.39 is 0 Å². The molecule has 0 nitrogen and oxygen atoms in total. The lowest BCUT2D eigenvalue weighted by Gasteiger charge is -2.19. The third-order valence-corrected chi connectivity index (χ3v) is 2.82. The highest BCUT2D eigenvalue weighted by atomic mass is 14.3. The minimum Gasteiger partial charge on any atom is -0.0811 e. The molecule has 0 N–H and O–H groups in total. The zero-order valence-corrected chi connectivity index (χ0v) is 8.51. The molecular weight excluding hydrogens is 144 g/mol. The van der Waals surface area contributed by atoms with Gasteiger partial charge in [-0.2, -0.15) is 0 Å². The van der Waals surface area contributed by atoms with E-state index in [2.05, 4.69) is 25.2 Å². The molecule has 0 aromatic rings. The maximum Gasteiger partial charge on any atom is -0.0140 e. The third kappa shape index (κ3) is 1.80. The van der Waals surface area contributed by atoms with Gasteiger partial charge >= 0.3 is 0 Å². The van der Waals surface area contributed by atoms with E-state index in [4.69, 9.17) is 0 Å². The molecule has 0 amide bonds. The summed E-state index contributed by atoms with van der Waals surface area (Å²) < 4.78 is 0. The lowest BCUT2D eigenvalue weighted by atomic mass is 9.86. The van der Waals surface area contributed by atoms with Crippen LogP contribution >= 0.6 is 0 Å². The number of fused-ring (bicyclic) bond motifs is 1. The molecule has 0 aromatic carbocycles. The van der Waals surface area contributed by atoms with Crippen molar-refractivity contribution in [2.24, 2.45) is 11.8 Å². The lowest BCUT2D eigenvalue weighted by molar-refractivity contribution is 0.492. The fourth-order valence-electron chi connectivity index (χ4n) is 2.19. The van der Waals surface area contributed by atoms with Crippen molar-refractivity contribution in [3.05, 3.63) is 23.8 Å². The van der Waals surface area contributed by atoms with Crippen LogP contribution in [0.5, 0.6) is 0 Å². The summed E-state index contributed by atoms with van der Waals surface area (Å²) in [5, 5.41) is 0. The summed E-state index contributed by atoms with van der Waals surface area (Å²) in [6, 6.07) is 0. The summed E-state index contributed by atoms with van der Waals surface area (Å²) in [6.45, 7) is 6.33. The van der Waals surface area contributed by atoms with Crippen LogP contribution in [0.1, 0.15) is 40.0 Å². The van der Waals surface area contributed by atoms with Crippen LogP contribution in [0.3, 0.4) is 0 Å². The molecule has 2 atom stereocenters. The average Bonchev–Trinajstić information content (AvgIpc) is 2.57. The van der Waals surface area contributed by atoms with Gasteiger partial charge in [0, 0.05) is 0 Å². The highest BCUT2D eigenvalue weighted by Gasteiger charge is 2.25. The molecule has 2 aliphatic rings. The first kappa shape index (κ1) is 9.57. The second-order valence-corrected chi connectivity index (χ2v) is 3.48. The van der Waals surface area contributed by atoms with E-state index in [9.17, 15) is 0 Å². The molecule has 0 spiro atoms. The minimum atomic E-state index is 0.808. The van der Waals surface area contributed by atoms with E-state index in [1.54, 1.807) is 5.57 Å². The van der Waals surface area contributed by atoms with Crippen molar-refractivity contribution in [2.45, 2.75) is 40.0 Å². The lowest BCUT2D eigenvalue weighted by Crippen LogP contribution is -2.09. The van der Waals surface area contributed by atoms with Gasteiger partial charge in [-0.25, -0.2) is 0 Å². The van der Waals surface area contributed by atoms with E-state index in [0.717, 1.165) is 11.8 Å². The average molecular weight is 164 g/mol. The molecule has 2 aliphatic carbocycles. The zero-order chi connectivity index (χ0) is 8.97. The van der Waals surface area contributed by atoms with Gasteiger partial charge < -0.3 is 0 Å². The summed E-state index contributed by atoms with van der Waals surface area (Å²) in [4.78, 5) is 0. The molecule has 12 heavy (non-hydrogen) atoms. The van der Waals surface area contributed by atoms with Crippen molar-refractivity contribution in [2.75, 3.05) is 0 Å². The highest BCUT2D eigenvalue weighted by molar-refractivity contribution is 5.25. The standard InChI is InChI=1S/C10H14.C2H6/c1-8-4-2-5-9-6-3-7-10(8)9;1-2/h2,4-5,8,10H,3,6-7H2,1H3;1-2H3. The molecule has 0 aromatic heterocycles. The van der Waals surface area contributed by atoms with Crippen molar-refractivity contribution in [1.82, 2.24) is 0 Å². The topological polar surface area (TPSA) is 0 Å². The van der Waals surface area contributed by atoms with Gasteiger partial charge in [0.2, 0.25) is 0 Å². The predicted octanol–water partition coefficient (Wildman–Crippen LogP) is 3.95. The number of rotatable bonds is 0. The van der Waals surface area contributed by atoms with Gasteiger partial charge in [0.1, 0.15) is 0 Å². The molecule has 0 bridgehead atoms. The quantitative estimate of drug-likeness (QED) is 0.508. The molecule has 2 unspecified atom stereocenters. The fourth-order valence-corrected chi connectivity index (χ4v) is 2.19. The van der Waals surface area contributed by atoms with Crippen molar-refractivity contribution < 1.29 is 0 Å². The zero-order valence-electron chi connectivity index (χ0n) is 8.51. The van der Waals surface area contributed by atoms with E-state index in [-0.39, 0.29) is 0 Å². The van der Waals surface area contributed by atoms with Crippen molar-refractivity contribution in [3.63, 3.8) is 0 Å². The Bertz CT molecular complexity index is 186. The van der Waals surface area contributed by atoms with Gasteiger partial charge in [0.25, 0.3) is 0 Å². The number of hydrogen-bond acceptors (Lipinski definition) is 0. The molecule has 0 heterocycles. The Labute approximate surface area is 76.4 Å². The first-order valence-electron chi connectivity index (χ1n) is 5.25. The number of allylic oxidation sites excluding steroid dienone is 4. The van der Waals surface area contributed by atoms with Crippen LogP contribution < -0.4 is 0 Å². The largest absolute Gasteiger partial charge is 0.0811 e. The highest BCUT2D eigenvalue weighted by Crippen LogP contribution is 2.38. The second kappa shape index (κ2) is 4.49. The second-order valence-electron chi connectivity index (χ2n) is 3.48. The van der Waals surface area contributed by atoms with Crippen LogP contribution in [0.2, 0.25) is 0 Å². The van der Waals surface area contributed by atoms with Crippen LogP contribution in [0, 0.1) is 11.8 Å². The Kier molecular flexibility index (Phi) is 3.58. The Morgan fingerprint density at radius 2 is 2.08 bits per heavy atom. The smallest absolute Gasteiger partial charge is 0.0140 e. The molecule has 0 saturated heterocycles. The number of hydrogen-bond donors (Lipinski definition) is 0. The molecule has 2 rings (SSSR count). The van der Waals surface area contributed by atoms with Gasteiger partial charge in [-0.1, -0.05) is 44.6 Å². The monoisotopic (exact) mass is 164 g/mol. The van der Waals surface area contributed by atoms with E-state index in [1.807, 2.05) is 13.8 Å². The molecule has 68 valence electrons. The van der Waals surface area contributed by atoms with Crippen LogP contribution in [0.15, 0.2) is 23.8 Å². The first-order chi connectivity index (χ1) is 5.88. The Balaban J connectivity index is 0.000000336. The molecule has 0 heteroatoms. The van der Waals surface area contributed by atoms with Crippen molar-refractivity contribution >= 4 is 0 Å². The van der Waals surface area contributed by atoms with Crippen LogP contribution in [-0.4, -0.2) is 0 Å². The van der Waals surface area contributed by atoms with Crippen LogP contribution in [0.25, 0.3) is 0 Å². The van der Waals surface area contributed by atoms with Crippen molar-refractivity contribution in [1.29, 1.82) is 0 Å². The van der Waals surface area contributed by atoms with Crippen LogP contribution in [0.4, 0.5) is 0 Å². The van der Waals surface area contributed by atoms with Crippen molar-refractivity contribution in [3.8, 4) is 0 Å².